The van der Waals surface area contributed by atoms with Gasteiger partial charge in [0.15, 0.2) is 5.84 Å². The number of carbonyl (C=O) groups is 1. The van der Waals surface area contributed by atoms with Crippen LogP contribution in [0.4, 0.5) is 0 Å². The summed E-state index contributed by atoms with van der Waals surface area (Å²) in [6.45, 7) is 1.97. The fourth-order valence-corrected chi connectivity index (χ4v) is 4.23. The Morgan fingerprint density at radius 1 is 1.17 bits per heavy atom. The second-order valence-electron chi connectivity index (χ2n) is 6.65. The van der Waals surface area contributed by atoms with Crippen molar-refractivity contribution >= 4 is 49.9 Å². The number of hydrazone groups is 1. The van der Waals surface area contributed by atoms with E-state index in [2.05, 4.69) is 10.1 Å². The van der Waals surface area contributed by atoms with E-state index in [1.807, 2.05) is 31.2 Å². The largest absolute Gasteiger partial charge is 0.383 e. The number of thioether (sulfide) groups is 1. The molecular weight excluding hydrogens is 424 g/mol. The van der Waals surface area contributed by atoms with Crippen LogP contribution in [0.2, 0.25) is 0 Å². The quantitative estimate of drug-likeness (QED) is 0.578. The molecule has 1 N–H and O–H groups in total. The summed E-state index contributed by atoms with van der Waals surface area (Å²) in [6, 6.07) is 14.0. The summed E-state index contributed by atoms with van der Waals surface area (Å²) < 4.78 is 27.5. The summed E-state index contributed by atoms with van der Waals surface area (Å²) in [4.78, 5) is 16.6. The third-order valence-electron chi connectivity index (χ3n) is 4.14. The van der Waals surface area contributed by atoms with Crippen molar-refractivity contribution in [1.29, 1.82) is 5.41 Å². The number of hydrogen-bond donors (Lipinski definition) is 1. The molecule has 2 aromatic carbocycles. The number of amides is 1. The van der Waals surface area contributed by atoms with E-state index < -0.39 is 16.0 Å². The first-order chi connectivity index (χ1) is 14.2. The number of rotatable bonds is 4. The predicted octanol–water partition coefficient (Wildman–Crippen LogP) is 3.00. The van der Waals surface area contributed by atoms with Gasteiger partial charge in [0.25, 0.3) is 5.91 Å². The third kappa shape index (κ3) is 4.19. The summed E-state index contributed by atoms with van der Waals surface area (Å²) >= 11 is 1.23. The molecule has 0 saturated carbocycles. The van der Waals surface area contributed by atoms with Crippen molar-refractivity contribution in [3.63, 3.8) is 0 Å². The number of aryl methyl sites for hydroxylation is 1. The predicted molar refractivity (Wildman–Crippen MR) is 117 cm³/mol. The first kappa shape index (κ1) is 20.0. The number of fused-ring (bicyclic) bond motifs is 1. The highest BCUT2D eigenvalue weighted by atomic mass is 32.2. The molecule has 10 heteroatoms. The van der Waals surface area contributed by atoms with Gasteiger partial charge in [0, 0.05) is 5.56 Å². The number of nitrogens with zero attached hydrogens (tertiary/aromatic N) is 3. The van der Waals surface area contributed by atoms with Gasteiger partial charge in [-0.2, -0.15) is 23.5 Å². The van der Waals surface area contributed by atoms with Crippen molar-refractivity contribution < 1.29 is 17.4 Å². The maximum atomic E-state index is 12.5. The Morgan fingerprint density at radius 2 is 1.93 bits per heavy atom. The maximum absolute atomic E-state index is 12.5. The zero-order valence-electron chi connectivity index (χ0n) is 16.0. The summed E-state index contributed by atoms with van der Waals surface area (Å²) in [7, 11) is -3.68. The van der Waals surface area contributed by atoms with Gasteiger partial charge in [0.2, 0.25) is 5.17 Å². The molecule has 0 aromatic heterocycles. The molecule has 2 aromatic rings. The zero-order valence-corrected chi connectivity index (χ0v) is 17.6. The molecule has 0 radical (unpaired) electrons. The van der Waals surface area contributed by atoms with E-state index in [1.54, 1.807) is 12.1 Å². The molecule has 2 aliphatic heterocycles. The van der Waals surface area contributed by atoms with Gasteiger partial charge < -0.3 is 4.18 Å². The van der Waals surface area contributed by atoms with Gasteiger partial charge in [-0.15, -0.1) is 0 Å². The number of hydrogen-bond acceptors (Lipinski definition) is 7. The van der Waals surface area contributed by atoms with Crippen LogP contribution in [0, 0.1) is 12.3 Å². The van der Waals surface area contributed by atoms with Crippen LogP contribution in [0.15, 0.2) is 64.2 Å². The zero-order chi connectivity index (χ0) is 21.5. The van der Waals surface area contributed by atoms with Crippen molar-refractivity contribution in [2.75, 3.05) is 6.26 Å². The van der Waals surface area contributed by atoms with Crippen molar-refractivity contribution in [2.45, 2.75) is 6.92 Å². The topological polar surface area (TPSA) is 112 Å². The van der Waals surface area contributed by atoms with Crippen LogP contribution < -0.4 is 4.18 Å². The number of nitrogens with one attached hydrogen (secondary N) is 1. The molecule has 0 saturated heterocycles. The second kappa shape index (κ2) is 7.54. The molecule has 0 bridgehead atoms. The lowest BCUT2D eigenvalue weighted by Gasteiger charge is -2.20. The highest BCUT2D eigenvalue weighted by Crippen LogP contribution is 2.31. The average molecular weight is 441 g/mol. The molecule has 2 heterocycles. The van der Waals surface area contributed by atoms with Gasteiger partial charge in [0.05, 0.1) is 11.8 Å². The minimum absolute atomic E-state index is 0.0464. The lowest BCUT2D eigenvalue weighted by molar-refractivity contribution is -0.114. The summed E-state index contributed by atoms with van der Waals surface area (Å²) in [6.07, 6.45) is 2.41. The van der Waals surface area contributed by atoms with Gasteiger partial charge in [0.1, 0.15) is 10.8 Å². The Bertz CT molecular complexity index is 1280. The molecule has 152 valence electrons. The normalized spacial score (nSPS) is 17.7. The second-order valence-corrected chi connectivity index (χ2v) is 9.19. The Morgan fingerprint density at radius 3 is 2.67 bits per heavy atom. The SMILES string of the molecule is Cc1cccc(C2=NN3C(=N)/C(=C/c4cccc(OS(C)(=O)=O)c4)C(=O)N=C3S2)c1. The van der Waals surface area contributed by atoms with E-state index in [0.29, 0.717) is 15.8 Å². The fraction of sp³-hybridized carbons (Fsp3) is 0.100. The van der Waals surface area contributed by atoms with Crippen LogP contribution in [0.1, 0.15) is 16.7 Å². The molecule has 8 nitrogen and oxygen atoms in total. The Kier molecular flexibility index (Phi) is 5.04. The Hall–Kier alpha value is -3.24. The molecule has 1 amide bonds. The van der Waals surface area contributed by atoms with E-state index in [4.69, 9.17) is 9.59 Å². The molecule has 0 atom stereocenters. The van der Waals surface area contributed by atoms with Crippen molar-refractivity contribution in [1.82, 2.24) is 5.01 Å². The van der Waals surface area contributed by atoms with Gasteiger partial charge in [-0.05, 0) is 48.5 Å². The Labute approximate surface area is 177 Å². The van der Waals surface area contributed by atoms with Crippen LogP contribution >= 0.6 is 11.8 Å². The molecule has 4 rings (SSSR count). The number of amidine groups is 2. The maximum Gasteiger partial charge on any atom is 0.306 e. The lowest BCUT2D eigenvalue weighted by Crippen LogP contribution is -2.35. The summed E-state index contributed by atoms with van der Waals surface area (Å²) in [5.74, 6) is -0.550. The van der Waals surface area contributed by atoms with Crippen molar-refractivity contribution in [3.05, 3.63) is 70.8 Å². The van der Waals surface area contributed by atoms with Crippen LogP contribution in [0.3, 0.4) is 0 Å². The number of benzene rings is 2. The number of carbonyl (C=O) groups excluding carboxylic acids is 1. The minimum atomic E-state index is -3.68. The monoisotopic (exact) mass is 440 g/mol. The van der Waals surface area contributed by atoms with Gasteiger partial charge in [-0.1, -0.05) is 35.9 Å². The minimum Gasteiger partial charge on any atom is -0.383 e. The summed E-state index contributed by atoms with van der Waals surface area (Å²) in [5, 5.41) is 15.2. The summed E-state index contributed by atoms with van der Waals surface area (Å²) in [5.41, 5.74) is 2.50. The number of aliphatic imine (C=N–C) groups is 1. The Balaban J connectivity index is 1.66. The van der Waals surface area contributed by atoms with E-state index in [-0.39, 0.29) is 17.2 Å². The van der Waals surface area contributed by atoms with Crippen molar-refractivity contribution in [3.8, 4) is 5.75 Å². The lowest BCUT2D eigenvalue weighted by atomic mass is 10.1. The van der Waals surface area contributed by atoms with Gasteiger partial charge in [-0.25, -0.2) is 0 Å². The van der Waals surface area contributed by atoms with Crippen LogP contribution in [0.25, 0.3) is 6.08 Å². The highest BCUT2D eigenvalue weighted by Gasteiger charge is 2.36. The molecule has 30 heavy (non-hydrogen) atoms. The highest BCUT2D eigenvalue weighted by molar-refractivity contribution is 8.27. The molecule has 0 spiro atoms. The van der Waals surface area contributed by atoms with E-state index in [1.165, 1.54) is 35.0 Å². The van der Waals surface area contributed by atoms with Crippen LogP contribution in [0.5, 0.6) is 5.75 Å². The fourth-order valence-electron chi connectivity index (χ4n) is 2.88. The van der Waals surface area contributed by atoms with Crippen molar-refractivity contribution in [2.24, 2.45) is 10.1 Å². The standard InChI is InChI=1S/C20H16N4O4S2/c1-12-5-3-7-14(9-12)19-23-24-17(21)16(18(25)22-20(24)29-19)11-13-6-4-8-15(10-13)28-30(2,26)27/h3-11,21H,1-2H3/b16-11-,21-17?. The molecule has 2 aliphatic rings. The average Bonchev–Trinajstić information content (AvgIpc) is 3.08. The molecule has 0 unspecified atom stereocenters. The van der Waals surface area contributed by atoms with E-state index >= 15 is 0 Å². The molecular formula is C20H16N4O4S2. The van der Waals surface area contributed by atoms with Crippen LogP contribution in [-0.4, -0.2) is 41.6 Å². The molecule has 0 fully saturated rings. The van der Waals surface area contributed by atoms with Gasteiger partial charge >= 0.3 is 10.1 Å². The smallest absolute Gasteiger partial charge is 0.306 e. The van der Waals surface area contributed by atoms with E-state index in [9.17, 15) is 13.2 Å². The first-order valence-electron chi connectivity index (χ1n) is 8.76. The first-order valence-corrected chi connectivity index (χ1v) is 11.4. The van der Waals surface area contributed by atoms with Gasteiger partial charge in [-0.3, -0.25) is 10.2 Å². The van der Waals surface area contributed by atoms with Crippen LogP contribution in [-0.2, 0) is 14.9 Å². The van der Waals surface area contributed by atoms with E-state index in [0.717, 1.165) is 17.4 Å². The molecule has 0 aliphatic carbocycles. The third-order valence-corrected chi connectivity index (χ3v) is 5.59.